The summed E-state index contributed by atoms with van der Waals surface area (Å²) in [6.45, 7) is 3.18. The first kappa shape index (κ1) is 13.3. The standard InChI is InChI=1S/C17H18N2S/c1-13(18-11-9-15-7-4-5-10-19-15)17-12-14-6-2-3-8-16(14)20-17/h2-8,10,12-13,18H,9,11H2,1H3. The smallest absolute Gasteiger partial charge is 0.0416 e. The maximum atomic E-state index is 4.35. The lowest BCUT2D eigenvalue weighted by Crippen LogP contribution is -2.20. The highest BCUT2D eigenvalue weighted by Gasteiger charge is 2.08. The summed E-state index contributed by atoms with van der Waals surface area (Å²) < 4.78 is 1.36. The van der Waals surface area contributed by atoms with Crippen LogP contribution in [0.2, 0.25) is 0 Å². The molecule has 3 rings (SSSR count). The SMILES string of the molecule is CC(NCCc1ccccn1)c1cc2ccccc2s1. The Balaban J connectivity index is 1.60. The molecule has 102 valence electrons. The summed E-state index contributed by atoms with van der Waals surface area (Å²) in [6.07, 6.45) is 2.82. The molecule has 1 aromatic carbocycles. The number of nitrogens with zero attached hydrogens (tertiary/aromatic N) is 1. The molecule has 0 bridgehead atoms. The molecule has 0 aliphatic rings. The predicted octanol–water partition coefficient (Wildman–Crippen LogP) is 4.19. The summed E-state index contributed by atoms with van der Waals surface area (Å²) >= 11 is 1.87. The van der Waals surface area contributed by atoms with Crippen molar-refractivity contribution in [2.24, 2.45) is 0 Å². The van der Waals surface area contributed by atoms with Crippen LogP contribution < -0.4 is 5.32 Å². The lowest BCUT2D eigenvalue weighted by Gasteiger charge is -2.11. The lowest BCUT2D eigenvalue weighted by molar-refractivity contribution is 0.582. The van der Waals surface area contributed by atoms with Crippen molar-refractivity contribution in [3.8, 4) is 0 Å². The van der Waals surface area contributed by atoms with Crippen LogP contribution in [0.15, 0.2) is 54.7 Å². The van der Waals surface area contributed by atoms with E-state index in [0.29, 0.717) is 6.04 Å². The van der Waals surface area contributed by atoms with Crippen molar-refractivity contribution < 1.29 is 0 Å². The van der Waals surface area contributed by atoms with Gasteiger partial charge in [-0.2, -0.15) is 0 Å². The number of aromatic nitrogens is 1. The van der Waals surface area contributed by atoms with E-state index < -0.39 is 0 Å². The number of nitrogens with one attached hydrogen (secondary N) is 1. The van der Waals surface area contributed by atoms with Crippen LogP contribution in [0.3, 0.4) is 0 Å². The van der Waals surface area contributed by atoms with E-state index in [4.69, 9.17) is 0 Å². The summed E-state index contributed by atoms with van der Waals surface area (Å²) in [5.74, 6) is 0. The highest BCUT2D eigenvalue weighted by atomic mass is 32.1. The summed E-state index contributed by atoms with van der Waals surface area (Å²) in [7, 11) is 0. The molecule has 0 saturated heterocycles. The van der Waals surface area contributed by atoms with Gasteiger partial charge in [0.25, 0.3) is 0 Å². The third-order valence-electron chi connectivity index (χ3n) is 3.43. The molecular formula is C17H18N2S. The molecule has 1 N–H and O–H groups in total. The number of benzene rings is 1. The monoisotopic (exact) mass is 282 g/mol. The van der Waals surface area contributed by atoms with Gasteiger partial charge in [0.2, 0.25) is 0 Å². The minimum Gasteiger partial charge on any atom is -0.309 e. The van der Waals surface area contributed by atoms with E-state index in [1.54, 1.807) is 0 Å². The molecule has 3 aromatic rings. The zero-order chi connectivity index (χ0) is 13.8. The Morgan fingerprint density at radius 2 is 2.00 bits per heavy atom. The summed E-state index contributed by atoms with van der Waals surface area (Å²) in [5.41, 5.74) is 1.14. The number of pyridine rings is 1. The topological polar surface area (TPSA) is 24.9 Å². The fourth-order valence-electron chi connectivity index (χ4n) is 2.28. The van der Waals surface area contributed by atoms with Gasteiger partial charge in [-0.25, -0.2) is 0 Å². The van der Waals surface area contributed by atoms with E-state index >= 15 is 0 Å². The maximum Gasteiger partial charge on any atom is 0.0416 e. The van der Waals surface area contributed by atoms with Crippen molar-refractivity contribution in [1.29, 1.82) is 0 Å². The first-order valence-electron chi connectivity index (χ1n) is 6.95. The summed E-state index contributed by atoms with van der Waals surface area (Å²) in [4.78, 5) is 5.74. The molecule has 0 aliphatic carbocycles. The van der Waals surface area contributed by atoms with Crippen molar-refractivity contribution in [2.45, 2.75) is 19.4 Å². The van der Waals surface area contributed by atoms with Gasteiger partial charge in [0.15, 0.2) is 0 Å². The molecule has 2 nitrogen and oxygen atoms in total. The Kier molecular flexibility index (Phi) is 4.09. The van der Waals surface area contributed by atoms with E-state index in [1.807, 2.05) is 29.7 Å². The quantitative estimate of drug-likeness (QED) is 0.759. The summed E-state index contributed by atoms with van der Waals surface area (Å²) in [5, 5.41) is 4.92. The Labute approximate surface area is 123 Å². The fraction of sp³-hybridized carbons (Fsp3) is 0.235. The number of hydrogen-bond donors (Lipinski definition) is 1. The molecular weight excluding hydrogens is 264 g/mol. The van der Waals surface area contributed by atoms with E-state index in [9.17, 15) is 0 Å². The number of thiophene rings is 1. The van der Waals surface area contributed by atoms with Crippen LogP contribution in [0.4, 0.5) is 0 Å². The molecule has 3 heteroatoms. The van der Waals surface area contributed by atoms with Gasteiger partial charge in [-0.15, -0.1) is 11.3 Å². The van der Waals surface area contributed by atoms with Crippen LogP contribution in [0.5, 0.6) is 0 Å². The van der Waals surface area contributed by atoms with E-state index in [0.717, 1.165) is 18.7 Å². The first-order chi connectivity index (χ1) is 9.83. The molecule has 2 heterocycles. The largest absolute Gasteiger partial charge is 0.309 e. The molecule has 1 atom stereocenters. The second kappa shape index (κ2) is 6.16. The number of hydrogen-bond acceptors (Lipinski definition) is 3. The Morgan fingerprint density at radius 1 is 1.15 bits per heavy atom. The van der Waals surface area contributed by atoms with Crippen LogP contribution in [0.1, 0.15) is 23.5 Å². The van der Waals surface area contributed by atoms with Gasteiger partial charge in [-0.1, -0.05) is 24.3 Å². The third-order valence-corrected chi connectivity index (χ3v) is 4.73. The molecule has 0 radical (unpaired) electrons. The van der Waals surface area contributed by atoms with Crippen molar-refractivity contribution in [3.05, 3.63) is 65.3 Å². The van der Waals surface area contributed by atoms with Gasteiger partial charge < -0.3 is 5.32 Å². The Hall–Kier alpha value is -1.71. The third kappa shape index (κ3) is 3.06. The summed E-state index contributed by atoms with van der Waals surface area (Å²) in [6, 6.07) is 17.3. The molecule has 0 aliphatic heterocycles. The van der Waals surface area contributed by atoms with Gasteiger partial charge in [0, 0.05) is 40.5 Å². The Bertz CT molecular complexity index is 643. The second-order valence-electron chi connectivity index (χ2n) is 4.93. The van der Waals surface area contributed by atoms with Crippen LogP contribution in [-0.2, 0) is 6.42 Å². The van der Waals surface area contributed by atoms with Gasteiger partial charge in [-0.3, -0.25) is 4.98 Å². The van der Waals surface area contributed by atoms with E-state index in [2.05, 4.69) is 53.6 Å². The molecule has 20 heavy (non-hydrogen) atoms. The van der Waals surface area contributed by atoms with Crippen LogP contribution in [-0.4, -0.2) is 11.5 Å². The van der Waals surface area contributed by atoms with Crippen molar-refractivity contribution >= 4 is 21.4 Å². The van der Waals surface area contributed by atoms with Gasteiger partial charge >= 0.3 is 0 Å². The fourth-order valence-corrected chi connectivity index (χ4v) is 3.37. The first-order valence-corrected chi connectivity index (χ1v) is 7.76. The second-order valence-corrected chi connectivity index (χ2v) is 6.05. The van der Waals surface area contributed by atoms with Crippen LogP contribution >= 0.6 is 11.3 Å². The lowest BCUT2D eigenvalue weighted by atomic mass is 10.2. The molecule has 0 saturated carbocycles. The molecule has 0 fully saturated rings. The van der Waals surface area contributed by atoms with Gasteiger partial charge in [0.1, 0.15) is 0 Å². The highest BCUT2D eigenvalue weighted by Crippen LogP contribution is 2.29. The predicted molar refractivity (Wildman–Crippen MR) is 86.2 cm³/mol. The number of fused-ring (bicyclic) bond motifs is 1. The van der Waals surface area contributed by atoms with Crippen molar-refractivity contribution in [3.63, 3.8) is 0 Å². The van der Waals surface area contributed by atoms with E-state index in [-0.39, 0.29) is 0 Å². The normalized spacial score (nSPS) is 12.7. The highest BCUT2D eigenvalue weighted by molar-refractivity contribution is 7.19. The van der Waals surface area contributed by atoms with Gasteiger partial charge in [-0.05, 0) is 36.6 Å². The Morgan fingerprint density at radius 3 is 2.80 bits per heavy atom. The van der Waals surface area contributed by atoms with Crippen molar-refractivity contribution in [1.82, 2.24) is 10.3 Å². The molecule has 0 spiro atoms. The van der Waals surface area contributed by atoms with Crippen LogP contribution in [0, 0.1) is 0 Å². The number of rotatable bonds is 5. The minimum absolute atomic E-state index is 0.385. The average Bonchev–Trinajstić information content (AvgIpc) is 2.92. The molecule has 1 unspecified atom stereocenters. The molecule has 0 amide bonds. The van der Waals surface area contributed by atoms with Crippen molar-refractivity contribution in [2.75, 3.05) is 6.54 Å². The maximum absolute atomic E-state index is 4.35. The van der Waals surface area contributed by atoms with Crippen LogP contribution in [0.25, 0.3) is 10.1 Å². The minimum atomic E-state index is 0.385. The molecule has 2 aromatic heterocycles. The zero-order valence-electron chi connectivity index (χ0n) is 11.5. The van der Waals surface area contributed by atoms with Gasteiger partial charge in [0.05, 0.1) is 0 Å². The zero-order valence-corrected chi connectivity index (χ0v) is 12.4. The average molecular weight is 282 g/mol. The van der Waals surface area contributed by atoms with E-state index in [1.165, 1.54) is 15.0 Å².